The van der Waals surface area contributed by atoms with Gasteiger partial charge in [0.05, 0.1) is 0 Å². The first kappa shape index (κ1) is 13.8. The number of anilines is 1. The van der Waals surface area contributed by atoms with E-state index in [0.717, 1.165) is 5.56 Å². The molecule has 6 heteroatoms. The summed E-state index contributed by atoms with van der Waals surface area (Å²) in [6.07, 6.45) is 0. The van der Waals surface area contributed by atoms with Gasteiger partial charge in [0, 0.05) is 19.7 Å². The van der Waals surface area contributed by atoms with Crippen LogP contribution in [0, 0.1) is 6.92 Å². The Labute approximate surface area is 116 Å². The standard InChI is InChI=1S/C14H15N3O3/c1-10-8-12(16-20-10)15-13(18)14(19)17(2)9-11-6-4-3-5-7-11/h3-8H,9H2,1-2H3,(H,15,16,18). The number of aromatic nitrogens is 1. The highest BCUT2D eigenvalue weighted by Gasteiger charge is 2.19. The highest BCUT2D eigenvalue weighted by Crippen LogP contribution is 2.08. The number of nitrogens with zero attached hydrogens (tertiary/aromatic N) is 2. The minimum absolute atomic E-state index is 0.231. The topological polar surface area (TPSA) is 75.4 Å². The van der Waals surface area contributed by atoms with Gasteiger partial charge >= 0.3 is 11.8 Å². The maximum atomic E-state index is 11.9. The number of hydrogen-bond acceptors (Lipinski definition) is 4. The van der Waals surface area contributed by atoms with E-state index < -0.39 is 11.8 Å². The summed E-state index contributed by atoms with van der Waals surface area (Å²) in [5, 5.41) is 6.00. The van der Waals surface area contributed by atoms with E-state index in [1.165, 1.54) is 4.90 Å². The zero-order valence-corrected chi connectivity index (χ0v) is 11.3. The van der Waals surface area contributed by atoms with Crippen LogP contribution in [0.3, 0.4) is 0 Å². The van der Waals surface area contributed by atoms with E-state index in [4.69, 9.17) is 4.52 Å². The molecule has 0 radical (unpaired) electrons. The van der Waals surface area contributed by atoms with Crippen molar-refractivity contribution in [3.63, 3.8) is 0 Å². The van der Waals surface area contributed by atoms with Crippen LogP contribution < -0.4 is 5.32 Å². The van der Waals surface area contributed by atoms with Crippen LogP contribution in [0.2, 0.25) is 0 Å². The quantitative estimate of drug-likeness (QED) is 0.861. The zero-order valence-electron chi connectivity index (χ0n) is 11.3. The number of likely N-dealkylation sites (N-methyl/N-ethyl adjacent to an activating group) is 1. The van der Waals surface area contributed by atoms with Crippen LogP contribution in [0.5, 0.6) is 0 Å². The molecule has 1 aromatic carbocycles. The molecule has 0 saturated carbocycles. The molecule has 104 valence electrons. The Hall–Kier alpha value is -2.63. The van der Waals surface area contributed by atoms with Crippen molar-refractivity contribution in [3.05, 3.63) is 47.7 Å². The maximum absolute atomic E-state index is 11.9. The van der Waals surface area contributed by atoms with Gasteiger partial charge in [-0.1, -0.05) is 35.5 Å². The van der Waals surface area contributed by atoms with Crippen molar-refractivity contribution in [1.29, 1.82) is 0 Å². The second kappa shape index (κ2) is 6.01. The number of hydrogen-bond donors (Lipinski definition) is 1. The van der Waals surface area contributed by atoms with E-state index in [-0.39, 0.29) is 5.82 Å². The summed E-state index contributed by atoms with van der Waals surface area (Å²) in [6, 6.07) is 11.0. The lowest BCUT2D eigenvalue weighted by molar-refractivity contribution is -0.142. The average Bonchev–Trinajstić information content (AvgIpc) is 2.84. The zero-order chi connectivity index (χ0) is 14.5. The third-order valence-corrected chi connectivity index (χ3v) is 2.67. The molecule has 6 nitrogen and oxygen atoms in total. The normalized spacial score (nSPS) is 10.1. The minimum atomic E-state index is -0.739. The Morgan fingerprint density at radius 3 is 2.60 bits per heavy atom. The molecule has 0 unspecified atom stereocenters. The van der Waals surface area contributed by atoms with Crippen LogP contribution in [-0.4, -0.2) is 28.9 Å². The number of nitrogens with one attached hydrogen (secondary N) is 1. The smallest absolute Gasteiger partial charge is 0.315 e. The number of carbonyl (C=O) groups is 2. The maximum Gasteiger partial charge on any atom is 0.315 e. The molecule has 2 amide bonds. The van der Waals surface area contributed by atoms with Gasteiger partial charge < -0.3 is 9.42 Å². The van der Waals surface area contributed by atoms with Gasteiger partial charge in [0.2, 0.25) is 0 Å². The number of amides is 2. The van der Waals surface area contributed by atoms with Crippen LogP contribution in [0.4, 0.5) is 5.82 Å². The molecule has 0 aliphatic heterocycles. The van der Waals surface area contributed by atoms with Gasteiger partial charge in [-0.15, -0.1) is 0 Å². The summed E-state index contributed by atoms with van der Waals surface area (Å²) in [5.41, 5.74) is 0.952. The minimum Gasteiger partial charge on any atom is -0.360 e. The first-order chi connectivity index (χ1) is 9.56. The summed E-state index contributed by atoms with van der Waals surface area (Å²) >= 11 is 0. The predicted molar refractivity (Wildman–Crippen MR) is 72.8 cm³/mol. The summed E-state index contributed by atoms with van der Waals surface area (Å²) in [6.45, 7) is 2.07. The summed E-state index contributed by atoms with van der Waals surface area (Å²) in [5.74, 6) is -0.578. The fourth-order valence-corrected chi connectivity index (χ4v) is 1.70. The van der Waals surface area contributed by atoms with E-state index in [1.807, 2.05) is 30.3 Å². The number of carbonyl (C=O) groups excluding carboxylic acids is 2. The third kappa shape index (κ3) is 3.44. The van der Waals surface area contributed by atoms with Crippen molar-refractivity contribution >= 4 is 17.6 Å². The lowest BCUT2D eigenvalue weighted by Gasteiger charge is -2.16. The lowest BCUT2D eigenvalue weighted by Crippen LogP contribution is -2.36. The fourth-order valence-electron chi connectivity index (χ4n) is 1.70. The monoisotopic (exact) mass is 273 g/mol. The molecular formula is C14H15N3O3. The van der Waals surface area contributed by atoms with Crippen molar-refractivity contribution in [3.8, 4) is 0 Å². The van der Waals surface area contributed by atoms with Crippen LogP contribution in [0.1, 0.15) is 11.3 Å². The predicted octanol–water partition coefficient (Wildman–Crippen LogP) is 1.58. The highest BCUT2D eigenvalue weighted by atomic mass is 16.5. The Morgan fingerprint density at radius 1 is 1.30 bits per heavy atom. The molecule has 1 heterocycles. The van der Waals surface area contributed by atoms with E-state index in [9.17, 15) is 9.59 Å². The second-order valence-electron chi connectivity index (χ2n) is 4.42. The van der Waals surface area contributed by atoms with Gasteiger partial charge in [-0.3, -0.25) is 14.9 Å². The van der Waals surface area contributed by atoms with Crippen LogP contribution in [-0.2, 0) is 16.1 Å². The second-order valence-corrected chi connectivity index (χ2v) is 4.42. The van der Waals surface area contributed by atoms with Crippen LogP contribution in [0.15, 0.2) is 40.9 Å². The summed E-state index contributed by atoms with van der Waals surface area (Å²) in [4.78, 5) is 25.0. The van der Waals surface area contributed by atoms with Crippen LogP contribution >= 0.6 is 0 Å². The molecule has 0 fully saturated rings. The molecule has 0 spiro atoms. The third-order valence-electron chi connectivity index (χ3n) is 2.67. The van der Waals surface area contributed by atoms with Gasteiger partial charge in [-0.2, -0.15) is 0 Å². The molecule has 2 aromatic rings. The molecule has 0 aliphatic carbocycles. The molecule has 2 rings (SSSR count). The first-order valence-corrected chi connectivity index (χ1v) is 6.10. The molecule has 20 heavy (non-hydrogen) atoms. The lowest BCUT2D eigenvalue weighted by atomic mass is 10.2. The summed E-state index contributed by atoms with van der Waals surface area (Å²) in [7, 11) is 1.57. The number of benzene rings is 1. The fraction of sp³-hybridized carbons (Fsp3) is 0.214. The first-order valence-electron chi connectivity index (χ1n) is 6.10. The Kier molecular flexibility index (Phi) is 4.14. The molecule has 0 bridgehead atoms. The van der Waals surface area contributed by atoms with E-state index in [0.29, 0.717) is 12.3 Å². The van der Waals surface area contributed by atoms with Crippen molar-refractivity contribution < 1.29 is 14.1 Å². The molecule has 0 atom stereocenters. The van der Waals surface area contributed by atoms with Crippen molar-refractivity contribution in [2.75, 3.05) is 12.4 Å². The Morgan fingerprint density at radius 2 is 2.00 bits per heavy atom. The SMILES string of the molecule is Cc1cc(NC(=O)C(=O)N(C)Cc2ccccc2)no1. The molecule has 1 N–H and O–H groups in total. The Bertz CT molecular complexity index is 607. The van der Waals surface area contributed by atoms with Gasteiger partial charge in [-0.05, 0) is 12.5 Å². The largest absolute Gasteiger partial charge is 0.360 e. The van der Waals surface area contributed by atoms with E-state index >= 15 is 0 Å². The number of aryl methyl sites for hydroxylation is 1. The number of rotatable bonds is 3. The van der Waals surface area contributed by atoms with Crippen LogP contribution in [0.25, 0.3) is 0 Å². The average molecular weight is 273 g/mol. The van der Waals surface area contributed by atoms with Gasteiger partial charge in [0.25, 0.3) is 0 Å². The highest BCUT2D eigenvalue weighted by molar-refractivity contribution is 6.39. The Balaban J connectivity index is 1.94. The van der Waals surface area contributed by atoms with Crippen molar-refractivity contribution in [1.82, 2.24) is 10.1 Å². The molecule has 0 aliphatic rings. The van der Waals surface area contributed by atoms with Crippen molar-refractivity contribution in [2.45, 2.75) is 13.5 Å². The molecular weight excluding hydrogens is 258 g/mol. The van der Waals surface area contributed by atoms with Gasteiger partial charge in [-0.25, -0.2) is 0 Å². The van der Waals surface area contributed by atoms with Gasteiger partial charge in [0.1, 0.15) is 5.76 Å². The molecule has 0 saturated heterocycles. The van der Waals surface area contributed by atoms with Crippen molar-refractivity contribution in [2.24, 2.45) is 0 Å². The van der Waals surface area contributed by atoms with Gasteiger partial charge in [0.15, 0.2) is 5.82 Å². The van der Waals surface area contributed by atoms with E-state index in [2.05, 4.69) is 10.5 Å². The summed E-state index contributed by atoms with van der Waals surface area (Å²) < 4.78 is 4.81. The van der Waals surface area contributed by atoms with E-state index in [1.54, 1.807) is 20.0 Å². The molecule has 1 aromatic heterocycles.